The SMILES string of the molecule is CCCCCC/C=C\CCCCCCCCCC(=O)OCC(COC(=O)CCCCCCCCC/C=C\CCCCCCCC)OC(=O)CCCCCCCCC/C=C\CCCCCCCC. The number of rotatable bonds is 54. The molecule has 0 aliphatic heterocycles. The van der Waals surface area contributed by atoms with Crippen molar-refractivity contribution < 1.29 is 28.6 Å². The molecule has 67 heavy (non-hydrogen) atoms. The summed E-state index contributed by atoms with van der Waals surface area (Å²) in [5.74, 6) is -0.871. The van der Waals surface area contributed by atoms with Crippen molar-refractivity contribution in [2.75, 3.05) is 13.2 Å². The lowest BCUT2D eigenvalue weighted by Crippen LogP contribution is -2.30. The maximum Gasteiger partial charge on any atom is 0.306 e. The molecule has 1 unspecified atom stereocenters. The van der Waals surface area contributed by atoms with Crippen molar-refractivity contribution in [3.63, 3.8) is 0 Å². The first kappa shape index (κ1) is 64.6. The van der Waals surface area contributed by atoms with E-state index in [4.69, 9.17) is 14.2 Å². The third kappa shape index (κ3) is 54.4. The molecule has 0 aromatic carbocycles. The molecule has 0 bridgehead atoms. The highest BCUT2D eigenvalue weighted by atomic mass is 16.6. The Bertz CT molecular complexity index is 1130. The first-order valence-corrected chi connectivity index (χ1v) is 29.5. The van der Waals surface area contributed by atoms with Crippen molar-refractivity contribution in [1.29, 1.82) is 0 Å². The highest BCUT2D eigenvalue weighted by Crippen LogP contribution is 2.16. The molecule has 0 saturated carbocycles. The van der Waals surface area contributed by atoms with E-state index in [-0.39, 0.29) is 31.1 Å². The molecule has 0 fully saturated rings. The van der Waals surface area contributed by atoms with E-state index in [0.717, 1.165) is 57.8 Å². The molecule has 0 rings (SSSR count). The molecular weight excluding hydrogens is 829 g/mol. The van der Waals surface area contributed by atoms with Crippen LogP contribution in [0.15, 0.2) is 36.5 Å². The van der Waals surface area contributed by atoms with Crippen molar-refractivity contribution in [3.8, 4) is 0 Å². The molecule has 0 aromatic rings. The van der Waals surface area contributed by atoms with Gasteiger partial charge in [-0.05, 0) is 96.3 Å². The fraction of sp³-hybridized carbons (Fsp3) is 0.852. The van der Waals surface area contributed by atoms with E-state index >= 15 is 0 Å². The summed E-state index contributed by atoms with van der Waals surface area (Å²) in [6, 6.07) is 0. The van der Waals surface area contributed by atoms with Gasteiger partial charge in [0.2, 0.25) is 0 Å². The molecule has 6 nitrogen and oxygen atoms in total. The molecule has 6 heteroatoms. The Morgan fingerprint density at radius 1 is 0.284 bits per heavy atom. The van der Waals surface area contributed by atoms with Crippen molar-refractivity contribution in [1.82, 2.24) is 0 Å². The molecule has 0 aromatic heterocycles. The van der Waals surface area contributed by atoms with Crippen LogP contribution in [0, 0.1) is 0 Å². The van der Waals surface area contributed by atoms with Gasteiger partial charge in [-0.25, -0.2) is 0 Å². The topological polar surface area (TPSA) is 78.9 Å². The molecule has 0 N–H and O–H groups in total. The van der Waals surface area contributed by atoms with Crippen LogP contribution in [0.3, 0.4) is 0 Å². The van der Waals surface area contributed by atoms with Crippen LogP contribution in [0.5, 0.6) is 0 Å². The van der Waals surface area contributed by atoms with Gasteiger partial charge in [-0.3, -0.25) is 14.4 Å². The van der Waals surface area contributed by atoms with E-state index in [1.807, 2.05) is 0 Å². The second-order valence-corrected chi connectivity index (χ2v) is 19.9. The van der Waals surface area contributed by atoms with E-state index in [9.17, 15) is 14.4 Å². The molecule has 0 spiro atoms. The standard InChI is InChI=1S/C61H112O6/c1-4-7-10-13-16-19-22-25-28-30-33-36-39-42-45-48-51-54-60(63)66-57-58(56-65-59(62)53-50-47-44-41-38-35-32-27-24-21-18-15-12-9-6-3)67-61(64)55-52-49-46-43-40-37-34-31-29-26-23-20-17-14-11-8-5-2/h21,24-26,28-29,58H,4-20,22-23,27,30-57H2,1-3H3/b24-21-,28-25-,29-26-. The van der Waals surface area contributed by atoms with E-state index < -0.39 is 6.10 Å². The molecular formula is C61H112O6. The number of hydrogen-bond acceptors (Lipinski definition) is 6. The first-order valence-electron chi connectivity index (χ1n) is 29.5. The summed E-state index contributed by atoms with van der Waals surface area (Å²) in [7, 11) is 0. The average molecular weight is 942 g/mol. The highest BCUT2D eigenvalue weighted by molar-refractivity contribution is 5.71. The maximum atomic E-state index is 12.9. The number of esters is 3. The average Bonchev–Trinajstić information content (AvgIpc) is 3.33. The fourth-order valence-electron chi connectivity index (χ4n) is 8.60. The molecule has 0 heterocycles. The number of carbonyl (C=O) groups excluding carboxylic acids is 3. The van der Waals surface area contributed by atoms with Crippen LogP contribution >= 0.6 is 0 Å². The van der Waals surface area contributed by atoms with Gasteiger partial charge in [0.1, 0.15) is 13.2 Å². The normalized spacial score (nSPS) is 12.2. The predicted octanol–water partition coefficient (Wildman–Crippen LogP) is 19.7. The van der Waals surface area contributed by atoms with E-state index in [2.05, 4.69) is 57.2 Å². The van der Waals surface area contributed by atoms with Gasteiger partial charge in [0, 0.05) is 19.3 Å². The van der Waals surface area contributed by atoms with Gasteiger partial charge < -0.3 is 14.2 Å². The van der Waals surface area contributed by atoms with Crippen molar-refractivity contribution in [3.05, 3.63) is 36.5 Å². The predicted molar refractivity (Wildman–Crippen MR) is 289 cm³/mol. The Hall–Kier alpha value is -2.37. The van der Waals surface area contributed by atoms with Gasteiger partial charge in [0.25, 0.3) is 0 Å². The fourth-order valence-corrected chi connectivity index (χ4v) is 8.60. The lowest BCUT2D eigenvalue weighted by molar-refractivity contribution is -0.167. The number of carbonyl (C=O) groups is 3. The first-order chi connectivity index (χ1) is 33.0. The Kier molecular flexibility index (Phi) is 54.2. The van der Waals surface area contributed by atoms with Crippen molar-refractivity contribution >= 4 is 17.9 Å². The summed E-state index contributed by atoms with van der Waals surface area (Å²) in [5.41, 5.74) is 0. The maximum absolute atomic E-state index is 12.9. The Morgan fingerprint density at radius 3 is 0.761 bits per heavy atom. The zero-order valence-corrected chi connectivity index (χ0v) is 44.9. The number of hydrogen-bond donors (Lipinski definition) is 0. The second-order valence-electron chi connectivity index (χ2n) is 19.9. The lowest BCUT2D eigenvalue weighted by atomic mass is 10.1. The third-order valence-corrected chi connectivity index (χ3v) is 13.1. The van der Waals surface area contributed by atoms with E-state index in [1.54, 1.807) is 0 Å². The van der Waals surface area contributed by atoms with Crippen LogP contribution in [0.1, 0.15) is 316 Å². The van der Waals surface area contributed by atoms with Crippen LogP contribution in [-0.4, -0.2) is 37.2 Å². The Morgan fingerprint density at radius 2 is 0.493 bits per heavy atom. The summed E-state index contributed by atoms with van der Waals surface area (Å²) in [5, 5.41) is 0. The highest BCUT2D eigenvalue weighted by Gasteiger charge is 2.19. The van der Waals surface area contributed by atoms with Crippen molar-refractivity contribution in [2.24, 2.45) is 0 Å². The summed E-state index contributed by atoms with van der Waals surface area (Å²) in [6.45, 7) is 6.65. The number of allylic oxidation sites excluding steroid dienone is 6. The lowest BCUT2D eigenvalue weighted by Gasteiger charge is -2.18. The van der Waals surface area contributed by atoms with Gasteiger partial charge in [0.15, 0.2) is 6.10 Å². The summed E-state index contributed by atoms with van der Waals surface area (Å²) in [4.78, 5) is 38.2. The minimum absolute atomic E-state index is 0.0752. The Balaban J connectivity index is 4.36. The molecule has 0 aliphatic rings. The zero-order valence-electron chi connectivity index (χ0n) is 44.9. The van der Waals surface area contributed by atoms with Gasteiger partial charge in [-0.15, -0.1) is 0 Å². The molecule has 0 saturated heterocycles. The molecule has 392 valence electrons. The van der Waals surface area contributed by atoms with Crippen LogP contribution in [0.4, 0.5) is 0 Å². The number of unbranched alkanes of at least 4 members (excludes halogenated alkanes) is 37. The summed E-state index contributed by atoms with van der Waals surface area (Å²) >= 11 is 0. The zero-order chi connectivity index (χ0) is 48.6. The monoisotopic (exact) mass is 941 g/mol. The van der Waals surface area contributed by atoms with Gasteiger partial charge in [-0.2, -0.15) is 0 Å². The Labute approximate surface area is 416 Å². The van der Waals surface area contributed by atoms with Crippen LogP contribution in [-0.2, 0) is 28.6 Å². The van der Waals surface area contributed by atoms with Crippen LogP contribution in [0.25, 0.3) is 0 Å². The van der Waals surface area contributed by atoms with E-state index in [0.29, 0.717) is 19.3 Å². The van der Waals surface area contributed by atoms with E-state index in [1.165, 1.54) is 218 Å². The summed E-state index contributed by atoms with van der Waals surface area (Å²) < 4.78 is 16.9. The van der Waals surface area contributed by atoms with Crippen LogP contribution in [0.2, 0.25) is 0 Å². The second kappa shape index (κ2) is 56.2. The van der Waals surface area contributed by atoms with Gasteiger partial charge in [-0.1, -0.05) is 237 Å². The molecule has 0 aliphatic carbocycles. The van der Waals surface area contributed by atoms with Crippen LogP contribution < -0.4 is 0 Å². The minimum Gasteiger partial charge on any atom is -0.462 e. The van der Waals surface area contributed by atoms with Crippen molar-refractivity contribution in [2.45, 2.75) is 322 Å². The summed E-state index contributed by atoms with van der Waals surface area (Å²) in [6.07, 6.45) is 67.0. The minimum atomic E-state index is -0.776. The third-order valence-electron chi connectivity index (χ3n) is 13.1. The quantitative estimate of drug-likeness (QED) is 0.0262. The largest absolute Gasteiger partial charge is 0.462 e. The number of ether oxygens (including phenoxy) is 3. The molecule has 0 amide bonds. The van der Waals surface area contributed by atoms with Gasteiger partial charge >= 0.3 is 17.9 Å². The smallest absolute Gasteiger partial charge is 0.306 e. The van der Waals surface area contributed by atoms with Gasteiger partial charge in [0.05, 0.1) is 0 Å². The molecule has 1 atom stereocenters. The molecule has 0 radical (unpaired) electrons.